The van der Waals surface area contributed by atoms with Gasteiger partial charge in [0.1, 0.15) is 0 Å². The number of piperidine rings is 1. The number of rotatable bonds is 7. The zero-order chi connectivity index (χ0) is 18.2. The molecule has 1 aliphatic heterocycles. The van der Waals surface area contributed by atoms with Crippen molar-refractivity contribution in [2.75, 3.05) is 19.6 Å². The standard InChI is InChI=1S/C22H28N2O2/c1-2-14-24-15-12-20(13-16-24)22(25)23-26-21-10-8-19(9-11-21)17-18-6-4-3-5-7-18/h3-11,20H,2,12-17H2,1H3,(H,23,25). The molecule has 0 unspecified atom stereocenters. The van der Waals surface area contributed by atoms with Gasteiger partial charge in [-0.3, -0.25) is 4.79 Å². The number of nitrogens with one attached hydrogen (secondary N) is 1. The number of amides is 1. The van der Waals surface area contributed by atoms with Crippen LogP contribution in [0.3, 0.4) is 0 Å². The largest absolute Gasteiger partial charge is 0.380 e. The van der Waals surface area contributed by atoms with Crippen LogP contribution < -0.4 is 10.3 Å². The molecule has 2 aromatic rings. The summed E-state index contributed by atoms with van der Waals surface area (Å²) in [5.74, 6) is 0.716. The minimum atomic E-state index is -0.00508. The zero-order valence-electron chi connectivity index (χ0n) is 15.5. The summed E-state index contributed by atoms with van der Waals surface area (Å²) in [4.78, 5) is 20.2. The Kier molecular flexibility index (Phi) is 6.67. The molecule has 4 heteroatoms. The van der Waals surface area contributed by atoms with Crippen LogP contribution in [0.5, 0.6) is 5.75 Å². The third kappa shape index (κ3) is 5.33. The number of nitrogens with zero attached hydrogens (tertiary/aromatic N) is 1. The zero-order valence-corrected chi connectivity index (χ0v) is 15.5. The van der Waals surface area contributed by atoms with E-state index in [1.807, 2.05) is 30.3 Å². The Bertz CT molecular complexity index is 677. The summed E-state index contributed by atoms with van der Waals surface area (Å²) in [6.07, 6.45) is 3.88. The molecule has 4 nitrogen and oxygen atoms in total. The lowest BCUT2D eigenvalue weighted by Crippen LogP contribution is -2.41. The van der Waals surface area contributed by atoms with Gasteiger partial charge in [0.15, 0.2) is 5.75 Å². The molecular formula is C22H28N2O2. The van der Waals surface area contributed by atoms with E-state index in [1.54, 1.807) is 0 Å². The molecule has 0 aliphatic carbocycles. The van der Waals surface area contributed by atoms with Crippen LogP contribution in [0.2, 0.25) is 0 Å². The first-order valence-corrected chi connectivity index (χ1v) is 9.56. The highest BCUT2D eigenvalue weighted by Crippen LogP contribution is 2.18. The van der Waals surface area contributed by atoms with Crippen molar-refractivity contribution in [1.29, 1.82) is 0 Å². The van der Waals surface area contributed by atoms with Gasteiger partial charge < -0.3 is 9.74 Å². The van der Waals surface area contributed by atoms with E-state index in [4.69, 9.17) is 4.84 Å². The molecular weight excluding hydrogens is 324 g/mol. The van der Waals surface area contributed by atoms with Gasteiger partial charge in [-0.1, -0.05) is 49.4 Å². The molecule has 138 valence electrons. The van der Waals surface area contributed by atoms with Crippen LogP contribution in [-0.2, 0) is 11.2 Å². The molecule has 0 aromatic heterocycles. The smallest absolute Gasteiger partial charge is 0.255 e. The van der Waals surface area contributed by atoms with Gasteiger partial charge in [-0.2, -0.15) is 5.48 Å². The average molecular weight is 352 g/mol. The highest BCUT2D eigenvalue weighted by molar-refractivity contribution is 5.77. The number of benzene rings is 2. The van der Waals surface area contributed by atoms with Crippen molar-refractivity contribution in [1.82, 2.24) is 10.4 Å². The molecule has 0 bridgehead atoms. The predicted molar refractivity (Wildman–Crippen MR) is 104 cm³/mol. The first-order chi connectivity index (χ1) is 12.7. The summed E-state index contributed by atoms with van der Waals surface area (Å²) in [5.41, 5.74) is 5.13. The Balaban J connectivity index is 1.44. The molecule has 1 heterocycles. The van der Waals surface area contributed by atoms with Crippen molar-refractivity contribution in [3.05, 3.63) is 65.7 Å². The van der Waals surface area contributed by atoms with Crippen molar-refractivity contribution >= 4 is 5.91 Å². The summed E-state index contributed by atoms with van der Waals surface area (Å²) in [5, 5.41) is 0. The molecule has 1 fully saturated rings. The second kappa shape index (κ2) is 9.39. The third-order valence-electron chi connectivity index (χ3n) is 4.94. The summed E-state index contributed by atoms with van der Waals surface area (Å²) in [6.45, 7) is 5.32. The van der Waals surface area contributed by atoms with Crippen molar-refractivity contribution in [2.24, 2.45) is 5.92 Å². The molecule has 3 rings (SSSR count). The van der Waals surface area contributed by atoms with E-state index in [1.165, 1.54) is 17.5 Å². The van der Waals surface area contributed by atoms with Crippen molar-refractivity contribution in [3.8, 4) is 5.75 Å². The van der Waals surface area contributed by atoms with Gasteiger partial charge in [0.2, 0.25) is 0 Å². The Morgan fingerprint density at radius 1 is 1.04 bits per heavy atom. The SMILES string of the molecule is CCCN1CCC(C(=O)NOc2ccc(Cc3ccccc3)cc2)CC1. The lowest BCUT2D eigenvalue weighted by atomic mass is 9.96. The number of hydroxylamine groups is 1. The molecule has 0 spiro atoms. The highest BCUT2D eigenvalue weighted by atomic mass is 16.7. The van der Waals surface area contributed by atoms with Gasteiger partial charge in [0.25, 0.3) is 5.91 Å². The minimum Gasteiger partial charge on any atom is -0.380 e. The Morgan fingerprint density at radius 3 is 2.35 bits per heavy atom. The fourth-order valence-electron chi connectivity index (χ4n) is 3.43. The first kappa shape index (κ1) is 18.5. The lowest BCUT2D eigenvalue weighted by Gasteiger charge is -2.30. The summed E-state index contributed by atoms with van der Waals surface area (Å²) >= 11 is 0. The van der Waals surface area contributed by atoms with Crippen LogP contribution in [0.15, 0.2) is 54.6 Å². The first-order valence-electron chi connectivity index (χ1n) is 9.56. The van der Waals surface area contributed by atoms with E-state index >= 15 is 0 Å². The van der Waals surface area contributed by atoms with Crippen LogP contribution in [0.25, 0.3) is 0 Å². The quantitative estimate of drug-likeness (QED) is 0.771. The normalized spacial score (nSPS) is 15.6. The molecule has 1 N–H and O–H groups in total. The van der Waals surface area contributed by atoms with Gasteiger partial charge in [-0.15, -0.1) is 0 Å². The average Bonchev–Trinajstić information content (AvgIpc) is 2.69. The summed E-state index contributed by atoms with van der Waals surface area (Å²) in [7, 11) is 0. The number of hydrogen-bond donors (Lipinski definition) is 1. The highest BCUT2D eigenvalue weighted by Gasteiger charge is 2.24. The molecule has 1 aliphatic rings. The summed E-state index contributed by atoms with van der Waals surface area (Å²) < 4.78 is 0. The van der Waals surface area contributed by atoms with Crippen LogP contribution in [0.4, 0.5) is 0 Å². The fraction of sp³-hybridized carbons (Fsp3) is 0.409. The Morgan fingerprint density at radius 2 is 1.69 bits per heavy atom. The number of carbonyl (C=O) groups excluding carboxylic acids is 1. The lowest BCUT2D eigenvalue weighted by molar-refractivity contribution is -0.133. The summed E-state index contributed by atoms with van der Waals surface area (Å²) in [6, 6.07) is 18.3. The van der Waals surface area contributed by atoms with Crippen molar-refractivity contribution < 1.29 is 9.63 Å². The second-order valence-electron chi connectivity index (χ2n) is 6.99. The van der Waals surface area contributed by atoms with E-state index in [9.17, 15) is 4.79 Å². The van der Waals surface area contributed by atoms with Gasteiger partial charge in [-0.25, -0.2) is 0 Å². The number of hydrogen-bond acceptors (Lipinski definition) is 3. The topological polar surface area (TPSA) is 41.6 Å². The molecule has 1 amide bonds. The van der Waals surface area contributed by atoms with Crippen LogP contribution in [-0.4, -0.2) is 30.4 Å². The van der Waals surface area contributed by atoms with E-state index in [0.717, 1.165) is 38.9 Å². The molecule has 0 saturated carbocycles. The van der Waals surface area contributed by atoms with E-state index in [2.05, 4.69) is 41.6 Å². The Hall–Kier alpha value is -2.33. The maximum Gasteiger partial charge on any atom is 0.255 e. The molecule has 26 heavy (non-hydrogen) atoms. The molecule has 2 aromatic carbocycles. The monoisotopic (exact) mass is 352 g/mol. The van der Waals surface area contributed by atoms with Crippen molar-refractivity contribution in [2.45, 2.75) is 32.6 Å². The van der Waals surface area contributed by atoms with Gasteiger partial charge in [0, 0.05) is 5.92 Å². The fourth-order valence-corrected chi connectivity index (χ4v) is 3.43. The van der Waals surface area contributed by atoms with Crippen LogP contribution in [0.1, 0.15) is 37.3 Å². The van der Waals surface area contributed by atoms with E-state index in [0.29, 0.717) is 5.75 Å². The molecule has 1 saturated heterocycles. The number of carbonyl (C=O) groups is 1. The minimum absolute atomic E-state index is 0.00508. The van der Waals surface area contributed by atoms with E-state index < -0.39 is 0 Å². The van der Waals surface area contributed by atoms with Gasteiger partial charge in [0.05, 0.1) is 0 Å². The molecule has 0 radical (unpaired) electrons. The van der Waals surface area contributed by atoms with E-state index in [-0.39, 0.29) is 11.8 Å². The Labute approximate surface area is 156 Å². The van der Waals surface area contributed by atoms with Crippen LogP contribution in [0, 0.1) is 5.92 Å². The predicted octanol–water partition coefficient (Wildman–Crippen LogP) is 3.81. The maximum absolute atomic E-state index is 12.3. The molecule has 0 atom stereocenters. The second-order valence-corrected chi connectivity index (χ2v) is 6.99. The van der Waals surface area contributed by atoms with Gasteiger partial charge >= 0.3 is 0 Å². The maximum atomic E-state index is 12.3. The van der Waals surface area contributed by atoms with Gasteiger partial charge in [-0.05, 0) is 68.6 Å². The number of likely N-dealkylation sites (tertiary alicyclic amines) is 1. The third-order valence-corrected chi connectivity index (χ3v) is 4.94. The van der Waals surface area contributed by atoms with Crippen molar-refractivity contribution in [3.63, 3.8) is 0 Å². The van der Waals surface area contributed by atoms with Crippen LogP contribution >= 0.6 is 0 Å².